The first-order valence-electron chi connectivity index (χ1n) is 9.43. The average Bonchev–Trinajstić information content (AvgIpc) is 2.75. The standard InChI is InChI=1S/C23H22N2O6/c24-19(23(29)30)10-16-11-20(22(28)12-21(16)27)25-17(7-8-26)13-31-18-6-5-14-3-1-2-4-15(14)9-18/h1-9,11-12,19,25,27-28H,10,13,24H2,(H,29,30)/t19-/m0/s1. The zero-order chi connectivity index (χ0) is 22.4. The van der Waals surface area contributed by atoms with Crippen LogP contribution in [0.4, 0.5) is 5.69 Å². The van der Waals surface area contributed by atoms with Gasteiger partial charge in [0.2, 0.25) is 0 Å². The van der Waals surface area contributed by atoms with Gasteiger partial charge in [-0.3, -0.25) is 9.59 Å². The van der Waals surface area contributed by atoms with Gasteiger partial charge in [0, 0.05) is 18.6 Å². The van der Waals surface area contributed by atoms with Gasteiger partial charge in [-0.15, -0.1) is 0 Å². The molecule has 0 heterocycles. The molecule has 0 radical (unpaired) electrons. The van der Waals surface area contributed by atoms with E-state index in [1.165, 1.54) is 12.1 Å². The number of allylic oxidation sites excluding steroid dienone is 1. The number of aldehydes is 1. The molecule has 0 saturated heterocycles. The van der Waals surface area contributed by atoms with Crippen LogP contribution in [0.3, 0.4) is 0 Å². The predicted molar refractivity (Wildman–Crippen MR) is 116 cm³/mol. The predicted octanol–water partition coefficient (Wildman–Crippen LogP) is 2.78. The Hall–Kier alpha value is -4.04. The van der Waals surface area contributed by atoms with Crippen molar-refractivity contribution in [2.75, 3.05) is 11.9 Å². The van der Waals surface area contributed by atoms with Crippen molar-refractivity contribution in [3.8, 4) is 17.2 Å². The van der Waals surface area contributed by atoms with Crippen LogP contribution in [-0.4, -0.2) is 40.2 Å². The number of nitrogens with two attached hydrogens (primary N) is 1. The Balaban J connectivity index is 1.76. The van der Waals surface area contributed by atoms with Gasteiger partial charge in [-0.1, -0.05) is 30.3 Å². The molecule has 0 aromatic heterocycles. The number of ether oxygens (including phenoxy) is 1. The van der Waals surface area contributed by atoms with Crippen LogP contribution in [0.15, 0.2) is 66.4 Å². The Kier molecular flexibility index (Phi) is 6.74. The van der Waals surface area contributed by atoms with Gasteiger partial charge in [-0.05, 0) is 34.5 Å². The van der Waals surface area contributed by atoms with Gasteiger partial charge in [-0.25, -0.2) is 0 Å². The molecule has 3 rings (SSSR count). The lowest BCUT2D eigenvalue weighted by molar-refractivity contribution is -0.138. The minimum absolute atomic E-state index is 0.00136. The molecule has 3 aromatic carbocycles. The number of hydrogen-bond acceptors (Lipinski definition) is 7. The van der Waals surface area contributed by atoms with Crippen LogP contribution in [-0.2, 0) is 16.0 Å². The fourth-order valence-electron chi connectivity index (χ4n) is 3.01. The molecule has 0 aliphatic rings. The van der Waals surface area contributed by atoms with E-state index in [1.807, 2.05) is 42.5 Å². The summed E-state index contributed by atoms with van der Waals surface area (Å²) in [7, 11) is 0. The smallest absolute Gasteiger partial charge is 0.320 e. The minimum atomic E-state index is -1.22. The summed E-state index contributed by atoms with van der Waals surface area (Å²) < 4.78 is 5.77. The number of carboxylic acids is 1. The Bertz CT molecular complexity index is 1140. The number of aromatic hydroxyl groups is 2. The maximum Gasteiger partial charge on any atom is 0.320 e. The molecular formula is C23H22N2O6. The molecule has 0 unspecified atom stereocenters. The van der Waals surface area contributed by atoms with Crippen LogP contribution in [0.1, 0.15) is 5.56 Å². The molecular weight excluding hydrogens is 400 g/mol. The summed E-state index contributed by atoms with van der Waals surface area (Å²) in [5, 5.41) is 34.1. The van der Waals surface area contributed by atoms with E-state index in [2.05, 4.69) is 5.32 Å². The van der Waals surface area contributed by atoms with Crippen molar-refractivity contribution < 1.29 is 29.6 Å². The van der Waals surface area contributed by atoms with Crippen molar-refractivity contribution in [2.24, 2.45) is 5.73 Å². The zero-order valence-electron chi connectivity index (χ0n) is 16.5. The van der Waals surface area contributed by atoms with Crippen LogP contribution in [0, 0.1) is 0 Å². The molecule has 0 bridgehead atoms. The highest BCUT2D eigenvalue weighted by Gasteiger charge is 2.17. The summed E-state index contributed by atoms with van der Waals surface area (Å²) in [4.78, 5) is 22.1. The molecule has 6 N–H and O–H groups in total. The summed E-state index contributed by atoms with van der Waals surface area (Å²) in [6.45, 7) is 0.00136. The molecule has 0 saturated carbocycles. The van der Waals surface area contributed by atoms with Crippen molar-refractivity contribution in [1.82, 2.24) is 0 Å². The third-order valence-electron chi connectivity index (χ3n) is 4.63. The molecule has 31 heavy (non-hydrogen) atoms. The van der Waals surface area contributed by atoms with Crippen molar-refractivity contribution >= 4 is 28.7 Å². The monoisotopic (exact) mass is 422 g/mol. The molecule has 0 spiro atoms. The van der Waals surface area contributed by atoms with E-state index in [0.717, 1.165) is 16.8 Å². The first kappa shape index (κ1) is 21.7. The Morgan fingerprint density at radius 2 is 1.81 bits per heavy atom. The van der Waals surface area contributed by atoms with Gasteiger partial charge in [-0.2, -0.15) is 0 Å². The Morgan fingerprint density at radius 1 is 1.06 bits per heavy atom. The number of rotatable bonds is 9. The van der Waals surface area contributed by atoms with Crippen LogP contribution in [0.2, 0.25) is 0 Å². The molecule has 0 aliphatic heterocycles. The third-order valence-corrected chi connectivity index (χ3v) is 4.63. The van der Waals surface area contributed by atoms with Gasteiger partial charge in [0.1, 0.15) is 36.2 Å². The number of phenolic OH excluding ortho intramolecular Hbond substituents is 2. The molecule has 8 heteroatoms. The first-order chi connectivity index (χ1) is 14.9. The quantitative estimate of drug-likeness (QED) is 0.153. The number of aliphatic carboxylic acids is 1. The number of nitrogens with one attached hydrogen (secondary N) is 1. The van der Waals surface area contributed by atoms with Crippen LogP contribution < -0.4 is 15.8 Å². The number of phenols is 2. The topological polar surface area (TPSA) is 142 Å². The highest BCUT2D eigenvalue weighted by atomic mass is 16.5. The van der Waals surface area contributed by atoms with Gasteiger partial charge in [0.15, 0.2) is 0 Å². The summed E-state index contributed by atoms with van der Waals surface area (Å²) in [6.07, 6.45) is 1.68. The highest BCUT2D eigenvalue weighted by molar-refractivity contribution is 5.83. The Labute approximate surface area is 178 Å². The van der Waals surface area contributed by atoms with E-state index >= 15 is 0 Å². The Morgan fingerprint density at radius 3 is 2.52 bits per heavy atom. The van der Waals surface area contributed by atoms with Crippen molar-refractivity contribution in [3.63, 3.8) is 0 Å². The van der Waals surface area contributed by atoms with E-state index in [9.17, 15) is 19.8 Å². The summed E-state index contributed by atoms with van der Waals surface area (Å²) in [5.41, 5.74) is 6.28. The molecule has 0 fully saturated rings. The van der Waals surface area contributed by atoms with Crippen LogP contribution in [0.25, 0.3) is 10.8 Å². The number of carboxylic acid groups (broad SMARTS) is 1. The van der Waals surface area contributed by atoms with Crippen LogP contribution >= 0.6 is 0 Å². The van der Waals surface area contributed by atoms with Gasteiger partial charge in [0.25, 0.3) is 0 Å². The number of carbonyl (C=O) groups is 2. The molecule has 1 atom stereocenters. The van der Waals surface area contributed by atoms with Crippen molar-refractivity contribution in [2.45, 2.75) is 12.5 Å². The lowest BCUT2D eigenvalue weighted by atomic mass is 10.0. The number of hydrogen-bond donors (Lipinski definition) is 5. The molecule has 0 aliphatic carbocycles. The summed E-state index contributed by atoms with van der Waals surface area (Å²) in [6, 6.07) is 14.7. The maximum atomic E-state index is 11.1. The fourth-order valence-corrected chi connectivity index (χ4v) is 3.01. The van der Waals surface area contributed by atoms with Crippen LogP contribution in [0.5, 0.6) is 17.2 Å². The summed E-state index contributed by atoms with van der Waals surface area (Å²) in [5.74, 6) is -1.19. The first-order valence-corrected chi connectivity index (χ1v) is 9.43. The number of anilines is 1. The van der Waals surface area contributed by atoms with Gasteiger partial charge < -0.3 is 31.1 Å². The van der Waals surface area contributed by atoms with Gasteiger partial charge in [0.05, 0.1) is 11.4 Å². The molecule has 0 amide bonds. The lowest BCUT2D eigenvalue weighted by Crippen LogP contribution is -2.32. The van der Waals surface area contributed by atoms with E-state index in [1.54, 1.807) is 0 Å². The minimum Gasteiger partial charge on any atom is -0.508 e. The lowest BCUT2D eigenvalue weighted by Gasteiger charge is -2.16. The molecule has 3 aromatic rings. The number of carbonyl (C=O) groups excluding carboxylic acids is 1. The average molecular weight is 422 g/mol. The summed E-state index contributed by atoms with van der Waals surface area (Å²) >= 11 is 0. The molecule has 160 valence electrons. The second-order valence-electron chi connectivity index (χ2n) is 6.90. The van der Waals surface area contributed by atoms with E-state index in [-0.39, 0.29) is 35.8 Å². The number of benzene rings is 3. The molecule has 8 nitrogen and oxygen atoms in total. The number of fused-ring (bicyclic) bond motifs is 1. The van der Waals surface area contributed by atoms with Crippen molar-refractivity contribution in [1.29, 1.82) is 0 Å². The largest absolute Gasteiger partial charge is 0.508 e. The zero-order valence-corrected chi connectivity index (χ0v) is 16.5. The third kappa shape index (κ3) is 5.52. The van der Waals surface area contributed by atoms with E-state index in [0.29, 0.717) is 17.7 Å². The fraction of sp³-hybridized carbons (Fsp3) is 0.130. The normalized spacial score (nSPS) is 12.4. The highest BCUT2D eigenvalue weighted by Crippen LogP contribution is 2.33. The van der Waals surface area contributed by atoms with Crippen molar-refractivity contribution in [3.05, 3.63) is 71.9 Å². The maximum absolute atomic E-state index is 11.1. The van der Waals surface area contributed by atoms with Gasteiger partial charge >= 0.3 is 5.97 Å². The SMILES string of the molecule is N[C@@H](Cc1cc(NC(=CC=O)COc2ccc3ccccc3c2)c(O)cc1O)C(=O)O. The second-order valence-corrected chi connectivity index (χ2v) is 6.90. The van der Waals surface area contributed by atoms with E-state index in [4.69, 9.17) is 15.6 Å². The second kappa shape index (κ2) is 9.64. The van der Waals surface area contributed by atoms with E-state index < -0.39 is 12.0 Å².